The minimum absolute atomic E-state index is 0.0466. The molecule has 0 aliphatic carbocycles. The lowest BCUT2D eigenvalue weighted by Crippen LogP contribution is -2.12. The Morgan fingerprint density at radius 2 is 1.48 bits per heavy atom. The van der Waals surface area contributed by atoms with E-state index in [0.29, 0.717) is 28.9 Å². The number of hydrogen-bond acceptors (Lipinski definition) is 7. The highest BCUT2D eigenvalue weighted by atomic mass is 32.2. The molecule has 2 aromatic rings. The van der Waals surface area contributed by atoms with Gasteiger partial charge in [-0.25, -0.2) is 13.2 Å². The summed E-state index contributed by atoms with van der Waals surface area (Å²) in [7, 11) is -2.41. The van der Waals surface area contributed by atoms with E-state index in [1.165, 1.54) is 7.11 Å². The molecule has 0 saturated heterocycles. The van der Waals surface area contributed by atoms with Gasteiger partial charge in [-0.1, -0.05) is 24.3 Å². The van der Waals surface area contributed by atoms with Crippen molar-refractivity contribution in [2.75, 3.05) is 13.4 Å². The number of nitrogens with one attached hydrogen (secondary N) is 1. The second kappa shape index (κ2) is 8.81. The first-order valence-corrected chi connectivity index (χ1v) is 8.64. The summed E-state index contributed by atoms with van der Waals surface area (Å²) in [5.41, 5.74) is 6.28. The Bertz CT molecular complexity index is 839. The molecule has 134 valence electrons. The van der Waals surface area contributed by atoms with Gasteiger partial charge in [0.25, 0.3) is 0 Å². The zero-order chi connectivity index (χ0) is 19.0. The fourth-order valence-corrected chi connectivity index (χ4v) is 1.65. The van der Waals surface area contributed by atoms with Crippen LogP contribution in [0.15, 0.2) is 48.5 Å². The summed E-state index contributed by atoms with van der Waals surface area (Å²) in [5.74, 6) is 0.302. The van der Waals surface area contributed by atoms with E-state index >= 15 is 0 Å². The Morgan fingerprint density at radius 3 is 1.92 bits per heavy atom. The second-order valence-corrected chi connectivity index (χ2v) is 6.14. The minimum atomic E-state index is -3.92. The number of rotatable bonds is 4. The fourth-order valence-electron chi connectivity index (χ4n) is 1.65. The van der Waals surface area contributed by atoms with Crippen LogP contribution in [0.25, 0.3) is 0 Å². The Kier molecular flexibility index (Phi) is 7.09. The standard InChI is InChI=1S/C15H14N2O3.CH4O3S/c1-19-12-4-2-3-5-13(12)20-15(18)11-8-6-10(7-9-11)14(16)17;1-5(2,3)4/h2-9H,1H3,(H3,16,17);1H3,(H,2,3,4)/p-1. The van der Waals surface area contributed by atoms with Crippen LogP contribution in [0.3, 0.4) is 0 Å². The van der Waals surface area contributed by atoms with Crippen molar-refractivity contribution < 1.29 is 27.2 Å². The average molecular weight is 365 g/mol. The van der Waals surface area contributed by atoms with Gasteiger partial charge in [0.15, 0.2) is 11.5 Å². The molecule has 0 atom stereocenters. The molecule has 2 aromatic carbocycles. The number of para-hydroxylation sites is 2. The van der Waals surface area contributed by atoms with Gasteiger partial charge in [0.2, 0.25) is 0 Å². The highest BCUT2D eigenvalue weighted by molar-refractivity contribution is 7.84. The van der Waals surface area contributed by atoms with E-state index < -0.39 is 16.1 Å². The van der Waals surface area contributed by atoms with Gasteiger partial charge in [-0.2, -0.15) is 0 Å². The molecule has 0 saturated carbocycles. The predicted molar refractivity (Wildman–Crippen MR) is 91.0 cm³/mol. The number of nitrogen functional groups attached to an aromatic ring is 1. The van der Waals surface area contributed by atoms with Crippen molar-refractivity contribution in [2.24, 2.45) is 5.73 Å². The van der Waals surface area contributed by atoms with Crippen LogP contribution in [-0.2, 0) is 10.1 Å². The molecule has 0 aliphatic heterocycles. The maximum atomic E-state index is 12.0. The van der Waals surface area contributed by atoms with Crippen molar-refractivity contribution in [3.63, 3.8) is 0 Å². The zero-order valence-corrected chi connectivity index (χ0v) is 14.4. The second-order valence-electron chi connectivity index (χ2n) is 4.74. The summed E-state index contributed by atoms with van der Waals surface area (Å²) >= 11 is 0. The molecule has 9 heteroatoms. The van der Waals surface area contributed by atoms with Crippen molar-refractivity contribution in [3.05, 3.63) is 59.7 Å². The molecule has 0 aliphatic rings. The number of methoxy groups -OCH3 is 1. The molecule has 25 heavy (non-hydrogen) atoms. The number of amidine groups is 1. The highest BCUT2D eigenvalue weighted by Gasteiger charge is 2.12. The number of carbonyl (C=O) groups is 1. The lowest BCUT2D eigenvalue weighted by molar-refractivity contribution is 0.0729. The smallest absolute Gasteiger partial charge is 0.343 e. The van der Waals surface area contributed by atoms with Gasteiger partial charge in [0, 0.05) is 11.8 Å². The topological polar surface area (TPSA) is 143 Å². The van der Waals surface area contributed by atoms with Gasteiger partial charge >= 0.3 is 5.97 Å². The number of esters is 1. The third-order valence-electron chi connectivity index (χ3n) is 2.70. The Hall–Kier alpha value is -2.91. The maximum Gasteiger partial charge on any atom is 0.343 e. The van der Waals surface area contributed by atoms with Crippen LogP contribution in [0.2, 0.25) is 0 Å². The summed E-state index contributed by atoms with van der Waals surface area (Å²) in [6.07, 6.45) is 0.604. The van der Waals surface area contributed by atoms with Crippen LogP contribution >= 0.6 is 0 Å². The number of hydrogen-bond donors (Lipinski definition) is 2. The monoisotopic (exact) mass is 365 g/mol. The largest absolute Gasteiger partial charge is 0.748 e. The van der Waals surface area contributed by atoms with Gasteiger partial charge in [0.1, 0.15) is 5.84 Å². The molecular formula is C16H17N2O6S-. The molecular weight excluding hydrogens is 348 g/mol. The predicted octanol–water partition coefficient (Wildman–Crippen LogP) is 1.36. The van der Waals surface area contributed by atoms with Crippen molar-refractivity contribution >= 4 is 21.9 Å². The molecule has 3 N–H and O–H groups in total. The molecule has 0 spiro atoms. The van der Waals surface area contributed by atoms with Crippen LogP contribution in [-0.4, -0.2) is 38.1 Å². The molecule has 0 aromatic heterocycles. The minimum Gasteiger partial charge on any atom is -0.748 e. The van der Waals surface area contributed by atoms with Gasteiger partial charge < -0.3 is 19.8 Å². The van der Waals surface area contributed by atoms with Crippen molar-refractivity contribution in [1.82, 2.24) is 0 Å². The van der Waals surface area contributed by atoms with E-state index in [1.54, 1.807) is 48.5 Å². The summed E-state index contributed by atoms with van der Waals surface area (Å²) < 4.78 is 37.6. The molecule has 0 amide bonds. The fraction of sp³-hybridized carbons (Fsp3) is 0.125. The quantitative estimate of drug-likeness (QED) is 0.274. The number of ether oxygens (including phenoxy) is 2. The Labute approximate surface area is 145 Å². The first-order chi connectivity index (χ1) is 11.6. The van der Waals surface area contributed by atoms with E-state index in [9.17, 15) is 4.79 Å². The zero-order valence-electron chi connectivity index (χ0n) is 13.6. The molecule has 0 radical (unpaired) electrons. The molecule has 0 bridgehead atoms. The highest BCUT2D eigenvalue weighted by Crippen LogP contribution is 2.26. The molecule has 0 unspecified atom stereocenters. The number of carbonyl (C=O) groups excluding carboxylic acids is 1. The first-order valence-electron chi connectivity index (χ1n) is 6.82. The van der Waals surface area contributed by atoms with Gasteiger partial charge in [-0.15, -0.1) is 0 Å². The van der Waals surface area contributed by atoms with E-state index in [1.807, 2.05) is 0 Å². The SMILES string of the molecule is COc1ccccc1OC(=O)c1ccc(C(=N)N)cc1.CS(=O)(=O)[O-]. The molecule has 8 nitrogen and oxygen atoms in total. The normalized spacial score (nSPS) is 10.2. The maximum absolute atomic E-state index is 12.0. The van der Waals surface area contributed by atoms with Gasteiger partial charge in [-0.3, -0.25) is 5.41 Å². The van der Waals surface area contributed by atoms with E-state index in [0.717, 1.165) is 0 Å². The van der Waals surface area contributed by atoms with Crippen LogP contribution in [0.1, 0.15) is 15.9 Å². The summed E-state index contributed by atoms with van der Waals surface area (Å²) in [6.45, 7) is 0. The Balaban J connectivity index is 0.000000550. The summed E-state index contributed by atoms with van der Waals surface area (Å²) in [6, 6.07) is 13.2. The molecule has 0 heterocycles. The Morgan fingerprint density at radius 1 is 1.04 bits per heavy atom. The average Bonchev–Trinajstić information content (AvgIpc) is 2.54. The summed E-state index contributed by atoms with van der Waals surface area (Å²) in [5, 5.41) is 7.29. The molecule has 0 fully saturated rings. The van der Waals surface area contributed by atoms with E-state index in [-0.39, 0.29) is 5.84 Å². The van der Waals surface area contributed by atoms with E-state index in [4.69, 9.17) is 33.6 Å². The van der Waals surface area contributed by atoms with Crippen LogP contribution in [0.4, 0.5) is 0 Å². The molecule has 2 rings (SSSR count). The van der Waals surface area contributed by atoms with Crippen LogP contribution in [0, 0.1) is 5.41 Å². The number of benzene rings is 2. The lowest BCUT2D eigenvalue weighted by atomic mass is 10.1. The first kappa shape index (κ1) is 20.1. The number of nitrogens with two attached hydrogens (primary N) is 1. The van der Waals surface area contributed by atoms with Crippen LogP contribution < -0.4 is 15.2 Å². The third-order valence-corrected chi connectivity index (χ3v) is 2.70. The lowest BCUT2D eigenvalue weighted by Gasteiger charge is -2.08. The third kappa shape index (κ3) is 7.46. The van der Waals surface area contributed by atoms with Gasteiger partial charge in [0.05, 0.1) is 22.8 Å². The van der Waals surface area contributed by atoms with Crippen molar-refractivity contribution in [3.8, 4) is 11.5 Å². The summed E-state index contributed by atoms with van der Waals surface area (Å²) in [4.78, 5) is 12.0. The van der Waals surface area contributed by atoms with Gasteiger partial charge in [-0.05, 0) is 24.3 Å². The van der Waals surface area contributed by atoms with Crippen molar-refractivity contribution in [1.29, 1.82) is 5.41 Å². The van der Waals surface area contributed by atoms with Crippen molar-refractivity contribution in [2.45, 2.75) is 0 Å². The van der Waals surface area contributed by atoms with Crippen LogP contribution in [0.5, 0.6) is 11.5 Å². The van der Waals surface area contributed by atoms with E-state index in [2.05, 4.69) is 0 Å².